The van der Waals surface area contributed by atoms with Gasteiger partial charge in [0.1, 0.15) is 10.5 Å². The second kappa shape index (κ2) is 7.56. The maximum atomic E-state index is 12.4. The zero-order chi connectivity index (χ0) is 17.9. The van der Waals surface area contributed by atoms with Gasteiger partial charge in [0.05, 0.1) is 12.1 Å². The Balaban J connectivity index is 1.59. The number of nitrogens with one attached hydrogen (secondary N) is 2. The second-order valence-electron chi connectivity index (χ2n) is 7.39. The number of aromatic nitrogens is 2. The van der Waals surface area contributed by atoms with Gasteiger partial charge in [-0.25, -0.2) is 9.78 Å². The van der Waals surface area contributed by atoms with E-state index in [-0.39, 0.29) is 23.6 Å². The van der Waals surface area contributed by atoms with Gasteiger partial charge in [0.25, 0.3) is 5.56 Å². The Morgan fingerprint density at radius 1 is 1.36 bits per heavy atom. The summed E-state index contributed by atoms with van der Waals surface area (Å²) in [5, 5.41) is 4.90. The van der Waals surface area contributed by atoms with Crippen LogP contribution in [0.3, 0.4) is 0 Å². The highest BCUT2D eigenvalue weighted by atomic mass is 32.1. The molecule has 2 N–H and O–H groups in total. The first-order valence-corrected chi connectivity index (χ1v) is 9.80. The number of aromatic amines is 1. The molecule has 7 heteroatoms. The van der Waals surface area contributed by atoms with Crippen molar-refractivity contribution in [2.75, 3.05) is 13.6 Å². The number of carbonyl (C=O) groups is 1. The Labute approximate surface area is 151 Å². The van der Waals surface area contributed by atoms with Crippen LogP contribution in [0.1, 0.15) is 51.3 Å². The smallest absolute Gasteiger partial charge is 0.317 e. The van der Waals surface area contributed by atoms with Gasteiger partial charge in [-0.1, -0.05) is 32.6 Å². The Bertz CT molecular complexity index is 790. The average molecular weight is 362 g/mol. The van der Waals surface area contributed by atoms with Crippen LogP contribution in [0.4, 0.5) is 4.79 Å². The SMILES string of the molecule is CN(Cc1nc2ccsc2c(=O)[nH]1)C(=O)NCC1(C)CCCCCC1. The quantitative estimate of drug-likeness (QED) is 0.817. The van der Waals surface area contributed by atoms with E-state index in [0.717, 1.165) is 0 Å². The van der Waals surface area contributed by atoms with Gasteiger partial charge in [-0.2, -0.15) is 0 Å². The van der Waals surface area contributed by atoms with Crippen molar-refractivity contribution in [1.29, 1.82) is 0 Å². The molecule has 136 valence electrons. The molecule has 0 aromatic carbocycles. The van der Waals surface area contributed by atoms with E-state index in [1.807, 2.05) is 11.4 Å². The molecule has 1 saturated carbocycles. The van der Waals surface area contributed by atoms with Crippen LogP contribution in [0.5, 0.6) is 0 Å². The van der Waals surface area contributed by atoms with Gasteiger partial charge < -0.3 is 15.2 Å². The lowest BCUT2D eigenvalue weighted by Gasteiger charge is -2.29. The third-order valence-corrected chi connectivity index (χ3v) is 5.98. The van der Waals surface area contributed by atoms with E-state index < -0.39 is 0 Å². The highest BCUT2D eigenvalue weighted by Gasteiger charge is 2.26. The van der Waals surface area contributed by atoms with Gasteiger partial charge in [-0.3, -0.25) is 4.79 Å². The Morgan fingerprint density at radius 2 is 2.08 bits per heavy atom. The van der Waals surface area contributed by atoms with E-state index in [2.05, 4.69) is 22.2 Å². The van der Waals surface area contributed by atoms with Crippen LogP contribution in [0, 0.1) is 5.41 Å². The first-order chi connectivity index (χ1) is 12.0. The van der Waals surface area contributed by atoms with Crippen molar-refractivity contribution in [2.45, 2.75) is 52.0 Å². The molecule has 2 aromatic heterocycles. The summed E-state index contributed by atoms with van der Waals surface area (Å²) in [4.78, 5) is 33.2. The molecule has 0 radical (unpaired) electrons. The number of H-pyrrole nitrogens is 1. The van der Waals surface area contributed by atoms with E-state index in [1.54, 1.807) is 11.9 Å². The van der Waals surface area contributed by atoms with Crippen LogP contribution in [-0.2, 0) is 6.54 Å². The normalized spacial score (nSPS) is 17.2. The number of thiophene rings is 1. The number of amides is 2. The maximum Gasteiger partial charge on any atom is 0.317 e. The second-order valence-corrected chi connectivity index (χ2v) is 8.30. The fraction of sp³-hybridized carbons (Fsp3) is 0.611. The van der Waals surface area contributed by atoms with Crippen LogP contribution in [0.15, 0.2) is 16.2 Å². The largest absolute Gasteiger partial charge is 0.337 e. The van der Waals surface area contributed by atoms with E-state index in [4.69, 9.17) is 0 Å². The summed E-state index contributed by atoms with van der Waals surface area (Å²) in [6.07, 6.45) is 7.42. The molecule has 0 bridgehead atoms. The highest BCUT2D eigenvalue weighted by Crippen LogP contribution is 2.33. The lowest BCUT2D eigenvalue weighted by molar-refractivity contribution is 0.193. The van der Waals surface area contributed by atoms with Gasteiger partial charge in [-0.05, 0) is 29.7 Å². The van der Waals surface area contributed by atoms with E-state index >= 15 is 0 Å². The Morgan fingerprint density at radius 3 is 2.80 bits per heavy atom. The molecular weight excluding hydrogens is 336 g/mol. The molecule has 1 fully saturated rings. The van der Waals surface area contributed by atoms with Crippen molar-refractivity contribution in [3.8, 4) is 0 Å². The Hall–Kier alpha value is -1.89. The average Bonchev–Trinajstić information content (AvgIpc) is 2.94. The zero-order valence-corrected chi connectivity index (χ0v) is 15.7. The first kappa shape index (κ1) is 17.9. The lowest BCUT2D eigenvalue weighted by atomic mass is 9.82. The Kier molecular flexibility index (Phi) is 5.42. The van der Waals surface area contributed by atoms with Crippen molar-refractivity contribution in [3.05, 3.63) is 27.6 Å². The summed E-state index contributed by atoms with van der Waals surface area (Å²) in [6.45, 7) is 3.25. The molecule has 2 heterocycles. The molecule has 0 spiro atoms. The standard InChI is InChI=1S/C18H26N4O2S/c1-18(8-5-3-4-6-9-18)12-19-17(24)22(2)11-14-20-13-7-10-25-15(13)16(23)21-14/h7,10H,3-6,8-9,11-12H2,1-2H3,(H,19,24)(H,20,21,23). The summed E-state index contributed by atoms with van der Waals surface area (Å²) < 4.78 is 0.622. The minimum absolute atomic E-state index is 0.126. The fourth-order valence-corrected chi connectivity index (χ4v) is 4.20. The molecule has 0 atom stereocenters. The fourth-order valence-electron chi connectivity index (χ4n) is 3.48. The zero-order valence-electron chi connectivity index (χ0n) is 14.9. The molecule has 25 heavy (non-hydrogen) atoms. The van der Waals surface area contributed by atoms with Gasteiger partial charge in [-0.15, -0.1) is 11.3 Å². The summed E-state index contributed by atoms with van der Waals surface area (Å²) in [7, 11) is 1.72. The molecule has 2 amide bonds. The summed E-state index contributed by atoms with van der Waals surface area (Å²) in [5.41, 5.74) is 0.730. The van der Waals surface area contributed by atoms with Crippen molar-refractivity contribution in [1.82, 2.24) is 20.2 Å². The van der Waals surface area contributed by atoms with Crippen molar-refractivity contribution in [2.24, 2.45) is 5.41 Å². The van der Waals surface area contributed by atoms with Crippen molar-refractivity contribution < 1.29 is 4.79 Å². The molecule has 6 nitrogen and oxygen atoms in total. The molecular formula is C18H26N4O2S. The number of fused-ring (bicyclic) bond motifs is 1. The molecule has 1 aliphatic rings. The monoisotopic (exact) mass is 362 g/mol. The first-order valence-electron chi connectivity index (χ1n) is 8.92. The topological polar surface area (TPSA) is 78.1 Å². The molecule has 2 aromatic rings. The van der Waals surface area contributed by atoms with Gasteiger partial charge in [0.2, 0.25) is 0 Å². The lowest BCUT2D eigenvalue weighted by Crippen LogP contribution is -2.42. The molecule has 0 aliphatic heterocycles. The number of carbonyl (C=O) groups excluding carboxylic acids is 1. The van der Waals surface area contributed by atoms with Gasteiger partial charge in [0, 0.05) is 13.6 Å². The maximum absolute atomic E-state index is 12.4. The molecule has 1 aliphatic carbocycles. The van der Waals surface area contributed by atoms with Gasteiger partial charge in [0.15, 0.2) is 0 Å². The highest BCUT2D eigenvalue weighted by molar-refractivity contribution is 7.17. The predicted octanol–water partition coefficient (Wildman–Crippen LogP) is 3.49. The van der Waals surface area contributed by atoms with Gasteiger partial charge >= 0.3 is 6.03 Å². The van der Waals surface area contributed by atoms with Crippen LogP contribution in [-0.4, -0.2) is 34.5 Å². The molecule has 3 rings (SSSR count). The number of nitrogens with zero attached hydrogens (tertiary/aromatic N) is 2. The summed E-state index contributed by atoms with van der Waals surface area (Å²) in [6, 6.07) is 1.70. The molecule has 0 saturated heterocycles. The number of hydrogen-bond donors (Lipinski definition) is 2. The minimum Gasteiger partial charge on any atom is -0.337 e. The van der Waals surface area contributed by atoms with E-state index in [0.29, 0.717) is 22.6 Å². The van der Waals surface area contributed by atoms with Crippen molar-refractivity contribution in [3.63, 3.8) is 0 Å². The minimum atomic E-state index is -0.144. The number of hydrogen-bond acceptors (Lipinski definition) is 4. The van der Waals surface area contributed by atoms with Crippen LogP contribution < -0.4 is 10.9 Å². The number of rotatable bonds is 4. The van der Waals surface area contributed by atoms with E-state index in [9.17, 15) is 9.59 Å². The summed E-state index contributed by atoms with van der Waals surface area (Å²) >= 11 is 1.37. The number of urea groups is 1. The predicted molar refractivity (Wildman–Crippen MR) is 101 cm³/mol. The third-order valence-electron chi connectivity index (χ3n) is 5.07. The van der Waals surface area contributed by atoms with Crippen LogP contribution in [0.2, 0.25) is 0 Å². The van der Waals surface area contributed by atoms with Crippen molar-refractivity contribution >= 4 is 27.6 Å². The van der Waals surface area contributed by atoms with E-state index in [1.165, 1.54) is 49.9 Å². The molecule has 0 unspecified atom stereocenters. The third kappa shape index (κ3) is 4.39. The van der Waals surface area contributed by atoms with Crippen LogP contribution in [0.25, 0.3) is 10.2 Å². The van der Waals surface area contributed by atoms with Crippen LogP contribution >= 0.6 is 11.3 Å². The summed E-state index contributed by atoms with van der Waals surface area (Å²) in [5.74, 6) is 0.509.